The molecule has 0 fully saturated rings. The Labute approximate surface area is 98.4 Å². The van der Waals surface area contributed by atoms with Gasteiger partial charge in [0.05, 0.1) is 5.84 Å². The smallest absolute Gasteiger partial charge is 0.251 e. The van der Waals surface area contributed by atoms with Gasteiger partial charge in [-0.05, 0) is 19.8 Å². The van der Waals surface area contributed by atoms with Crippen molar-refractivity contribution < 1.29 is 0 Å². The van der Waals surface area contributed by atoms with Crippen LogP contribution in [0, 0.1) is 12.3 Å². The minimum Gasteiger partial charge on any atom is -0.388 e. The molecule has 1 heterocycles. The molecule has 0 aliphatic heterocycles. The van der Waals surface area contributed by atoms with Crippen molar-refractivity contribution in [3.05, 3.63) is 22.1 Å². The van der Waals surface area contributed by atoms with Gasteiger partial charge in [-0.1, -0.05) is 11.8 Å². The first-order valence-electron chi connectivity index (χ1n) is 5.11. The molecule has 1 aromatic heterocycles. The topological polar surface area (TPSA) is 95.6 Å². The number of H-pyrrole nitrogens is 1. The predicted molar refractivity (Wildman–Crippen MR) is 66.1 cm³/mol. The lowest BCUT2D eigenvalue weighted by Gasteiger charge is -2.01. The van der Waals surface area contributed by atoms with E-state index in [0.717, 1.165) is 24.3 Å². The quantitative estimate of drug-likeness (QED) is 0.229. The van der Waals surface area contributed by atoms with Crippen molar-refractivity contribution in [2.75, 3.05) is 5.75 Å². The fraction of sp³-hybridized carbons (Fsp3) is 0.500. The largest absolute Gasteiger partial charge is 0.388 e. The zero-order valence-electron chi connectivity index (χ0n) is 9.25. The van der Waals surface area contributed by atoms with Crippen LogP contribution in [0.2, 0.25) is 0 Å². The molecule has 88 valence electrons. The van der Waals surface area contributed by atoms with Crippen LogP contribution in [0.1, 0.15) is 25.0 Å². The summed E-state index contributed by atoms with van der Waals surface area (Å²) < 4.78 is 0. The van der Waals surface area contributed by atoms with Crippen molar-refractivity contribution >= 4 is 17.6 Å². The third kappa shape index (κ3) is 4.97. The Bertz CT molecular complexity index is 416. The maximum Gasteiger partial charge on any atom is 0.251 e. The first-order chi connectivity index (χ1) is 7.58. The SMILES string of the molecule is Cc1cc(=O)[nH]c(SCCCCC(=N)N)n1. The number of hydrogen-bond donors (Lipinski definition) is 3. The molecule has 0 bridgehead atoms. The normalized spacial score (nSPS) is 10.3. The number of rotatable bonds is 6. The Hall–Kier alpha value is -1.30. The van der Waals surface area contributed by atoms with Crippen LogP contribution in [0.3, 0.4) is 0 Å². The van der Waals surface area contributed by atoms with Crippen LogP contribution < -0.4 is 11.3 Å². The van der Waals surface area contributed by atoms with Gasteiger partial charge in [0.25, 0.3) is 5.56 Å². The van der Waals surface area contributed by atoms with Crippen LogP contribution >= 0.6 is 11.8 Å². The van der Waals surface area contributed by atoms with E-state index in [9.17, 15) is 4.79 Å². The number of nitrogens with one attached hydrogen (secondary N) is 2. The molecule has 4 N–H and O–H groups in total. The fourth-order valence-corrected chi connectivity index (χ4v) is 2.13. The van der Waals surface area contributed by atoms with Gasteiger partial charge in [0, 0.05) is 23.9 Å². The van der Waals surface area contributed by atoms with E-state index in [0.29, 0.717) is 11.6 Å². The summed E-state index contributed by atoms with van der Waals surface area (Å²) in [5.74, 6) is 1.10. The number of nitrogens with zero attached hydrogens (tertiary/aromatic N) is 1. The van der Waals surface area contributed by atoms with Gasteiger partial charge in [0.15, 0.2) is 5.16 Å². The molecule has 0 saturated carbocycles. The lowest BCUT2D eigenvalue weighted by molar-refractivity contribution is 0.831. The number of aryl methyl sites for hydroxylation is 1. The number of amidine groups is 1. The molecule has 0 radical (unpaired) electrons. The minimum absolute atomic E-state index is 0.112. The number of unbranched alkanes of at least 4 members (excludes halogenated alkanes) is 1. The molecule has 0 aliphatic rings. The van der Waals surface area contributed by atoms with Crippen molar-refractivity contribution in [1.82, 2.24) is 9.97 Å². The average molecular weight is 240 g/mol. The van der Waals surface area contributed by atoms with Crippen molar-refractivity contribution in [3.63, 3.8) is 0 Å². The zero-order valence-corrected chi connectivity index (χ0v) is 10.1. The second kappa shape index (κ2) is 6.32. The van der Waals surface area contributed by atoms with Crippen molar-refractivity contribution in [3.8, 4) is 0 Å². The summed E-state index contributed by atoms with van der Waals surface area (Å²) in [7, 11) is 0. The third-order valence-corrected chi connectivity index (χ3v) is 2.89. The van der Waals surface area contributed by atoms with Gasteiger partial charge in [-0.25, -0.2) is 4.98 Å². The molecule has 0 unspecified atom stereocenters. The lowest BCUT2D eigenvalue weighted by Crippen LogP contribution is -2.09. The van der Waals surface area contributed by atoms with Crippen molar-refractivity contribution in [2.45, 2.75) is 31.3 Å². The molecule has 0 spiro atoms. The van der Waals surface area contributed by atoms with E-state index in [1.807, 2.05) is 0 Å². The van der Waals surface area contributed by atoms with Crippen LogP contribution in [-0.2, 0) is 0 Å². The first-order valence-corrected chi connectivity index (χ1v) is 6.10. The summed E-state index contributed by atoms with van der Waals surface area (Å²) >= 11 is 1.52. The van der Waals surface area contributed by atoms with E-state index in [1.165, 1.54) is 17.8 Å². The van der Waals surface area contributed by atoms with E-state index in [2.05, 4.69) is 9.97 Å². The number of nitrogens with two attached hydrogens (primary N) is 1. The van der Waals surface area contributed by atoms with Gasteiger partial charge in [0.1, 0.15) is 0 Å². The fourth-order valence-electron chi connectivity index (χ4n) is 1.21. The molecular weight excluding hydrogens is 224 g/mol. The molecule has 0 atom stereocenters. The first kappa shape index (κ1) is 12.8. The number of aromatic amines is 1. The van der Waals surface area contributed by atoms with Gasteiger partial charge in [-0.2, -0.15) is 0 Å². The molecule has 0 aliphatic carbocycles. The summed E-state index contributed by atoms with van der Waals surface area (Å²) in [6, 6.07) is 1.47. The molecule has 0 aromatic carbocycles. The second-order valence-electron chi connectivity index (χ2n) is 3.52. The van der Waals surface area contributed by atoms with Crippen molar-refractivity contribution in [2.24, 2.45) is 5.73 Å². The number of hydrogen-bond acceptors (Lipinski definition) is 4. The Balaban J connectivity index is 2.32. The Morgan fingerprint density at radius 3 is 3.00 bits per heavy atom. The Kier molecular flexibility index (Phi) is 5.04. The van der Waals surface area contributed by atoms with Crippen LogP contribution in [0.5, 0.6) is 0 Å². The molecule has 1 aromatic rings. The molecular formula is C10H16N4OS. The van der Waals surface area contributed by atoms with Crippen LogP contribution in [0.15, 0.2) is 16.0 Å². The highest BCUT2D eigenvalue weighted by molar-refractivity contribution is 7.99. The van der Waals surface area contributed by atoms with Crippen molar-refractivity contribution in [1.29, 1.82) is 5.41 Å². The maximum absolute atomic E-state index is 11.1. The molecule has 0 amide bonds. The predicted octanol–water partition coefficient (Wildman–Crippen LogP) is 1.28. The average Bonchev–Trinajstić information content (AvgIpc) is 2.15. The summed E-state index contributed by atoms with van der Waals surface area (Å²) in [5, 5.41) is 7.72. The van der Waals surface area contributed by atoms with E-state index in [1.54, 1.807) is 6.92 Å². The van der Waals surface area contributed by atoms with Crippen LogP contribution in [0.25, 0.3) is 0 Å². The number of thioether (sulfide) groups is 1. The van der Waals surface area contributed by atoms with E-state index in [4.69, 9.17) is 11.1 Å². The molecule has 6 heteroatoms. The highest BCUT2D eigenvalue weighted by atomic mass is 32.2. The number of aromatic nitrogens is 2. The summed E-state index contributed by atoms with van der Waals surface area (Å²) in [6.07, 6.45) is 2.50. The third-order valence-electron chi connectivity index (χ3n) is 1.93. The van der Waals surface area contributed by atoms with Crippen LogP contribution in [0.4, 0.5) is 0 Å². The Morgan fingerprint density at radius 1 is 1.62 bits per heavy atom. The van der Waals surface area contributed by atoms with E-state index in [-0.39, 0.29) is 11.4 Å². The monoisotopic (exact) mass is 240 g/mol. The zero-order chi connectivity index (χ0) is 12.0. The minimum atomic E-state index is -0.112. The van der Waals surface area contributed by atoms with E-state index >= 15 is 0 Å². The molecule has 1 rings (SSSR count). The standard InChI is InChI=1S/C10H16N4OS/c1-7-6-9(15)14-10(13-7)16-5-3-2-4-8(11)12/h6H,2-5H2,1H3,(H3,11,12)(H,13,14,15). The highest BCUT2D eigenvalue weighted by Gasteiger charge is 1.99. The second-order valence-corrected chi connectivity index (χ2v) is 4.61. The molecule has 0 saturated heterocycles. The highest BCUT2D eigenvalue weighted by Crippen LogP contribution is 2.13. The lowest BCUT2D eigenvalue weighted by atomic mass is 10.2. The summed E-state index contributed by atoms with van der Waals surface area (Å²) in [4.78, 5) is 18.0. The maximum atomic E-state index is 11.1. The van der Waals surface area contributed by atoms with Gasteiger partial charge in [0.2, 0.25) is 0 Å². The summed E-state index contributed by atoms with van der Waals surface area (Å²) in [6.45, 7) is 1.80. The van der Waals surface area contributed by atoms with Gasteiger partial charge >= 0.3 is 0 Å². The molecule has 16 heavy (non-hydrogen) atoms. The summed E-state index contributed by atoms with van der Waals surface area (Å²) in [5.41, 5.74) is 5.86. The van der Waals surface area contributed by atoms with Gasteiger partial charge in [-0.15, -0.1) is 0 Å². The van der Waals surface area contributed by atoms with E-state index < -0.39 is 0 Å². The van der Waals surface area contributed by atoms with Gasteiger partial charge in [-0.3, -0.25) is 10.2 Å². The van der Waals surface area contributed by atoms with Gasteiger partial charge < -0.3 is 10.7 Å². The Morgan fingerprint density at radius 2 is 2.38 bits per heavy atom. The van der Waals surface area contributed by atoms with Crippen LogP contribution in [-0.4, -0.2) is 21.6 Å². The molecule has 5 nitrogen and oxygen atoms in total.